The van der Waals surface area contributed by atoms with Gasteiger partial charge in [0.1, 0.15) is 17.9 Å². The van der Waals surface area contributed by atoms with Gasteiger partial charge >= 0.3 is 0 Å². The monoisotopic (exact) mass is 543 g/mol. The normalized spacial score (nSPS) is 14.4. The van der Waals surface area contributed by atoms with E-state index in [2.05, 4.69) is 26.1 Å². The van der Waals surface area contributed by atoms with Crippen molar-refractivity contribution in [2.24, 2.45) is 0 Å². The number of ether oxygens (including phenoxy) is 1. The Balaban J connectivity index is 1.57. The van der Waals surface area contributed by atoms with Crippen LogP contribution in [-0.2, 0) is 11.2 Å². The quantitative estimate of drug-likeness (QED) is 0.335. The number of nitrogens with one attached hydrogen (secondary N) is 3. The summed E-state index contributed by atoms with van der Waals surface area (Å²) < 4.78 is 7.03. The van der Waals surface area contributed by atoms with Gasteiger partial charge in [-0.1, -0.05) is 11.6 Å². The Morgan fingerprint density at radius 2 is 2.14 bits per heavy atom. The Hall–Kier alpha value is -3.28. The van der Waals surface area contributed by atoms with Crippen molar-refractivity contribution in [3.8, 4) is 5.75 Å². The minimum absolute atomic E-state index is 0.0739. The van der Waals surface area contributed by atoms with E-state index in [-0.39, 0.29) is 24.4 Å². The summed E-state index contributed by atoms with van der Waals surface area (Å²) in [5.41, 5.74) is 5.09. The molecule has 37 heavy (non-hydrogen) atoms. The average Bonchev–Trinajstić information content (AvgIpc) is 3.33. The molecule has 0 bridgehead atoms. The van der Waals surface area contributed by atoms with E-state index in [1.54, 1.807) is 62.0 Å². The second kappa shape index (κ2) is 12.8. The molecule has 0 atom stereocenters. The number of nitrogens with zero attached hydrogens (tertiary/aromatic N) is 4. The van der Waals surface area contributed by atoms with Gasteiger partial charge in [-0.3, -0.25) is 9.59 Å². The van der Waals surface area contributed by atoms with Gasteiger partial charge in [-0.05, 0) is 48.6 Å². The summed E-state index contributed by atoms with van der Waals surface area (Å²) in [5.74, 6) is 2.26. The van der Waals surface area contributed by atoms with E-state index >= 15 is 0 Å². The third kappa shape index (κ3) is 7.15. The number of amides is 2. The third-order valence-electron chi connectivity index (χ3n) is 5.92. The van der Waals surface area contributed by atoms with Gasteiger partial charge in [0, 0.05) is 54.4 Å². The topological polar surface area (TPSA) is 113 Å². The van der Waals surface area contributed by atoms with Crippen molar-refractivity contribution < 1.29 is 14.3 Å². The maximum atomic E-state index is 13.3. The Labute approximate surface area is 224 Å². The molecule has 10 nitrogen and oxygen atoms in total. The lowest BCUT2D eigenvalue weighted by atomic mass is 10.1. The zero-order valence-corrected chi connectivity index (χ0v) is 22.3. The number of hydrogen-bond donors (Lipinski definition) is 3. The molecule has 3 N–H and O–H groups in total. The van der Waals surface area contributed by atoms with Crippen LogP contribution < -0.4 is 20.8 Å². The van der Waals surface area contributed by atoms with Crippen LogP contribution in [0.3, 0.4) is 0 Å². The van der Waals surface area contributed by atoms with Crippen molar-refractivity contribution in [2.75, 3.05) is 32.2 Å². The summed E-state index contributed by atoms with van der Waals surface area (Å²) in [7, 11) is 3.29. The summed E-state index contributed by atoms with van der Waals surface area (Å²) in [5, 5.41) is 12.5. The molecule has 1 aliphatic rings. The first-order chi connectivity index (χ1) is 18.0. The predicted molar refractivity (Wildman–Crippen MR) is 144 cm³/mol. The van der Waals surface area contributed by atoms with Gasteiger partial charge in [-0.15, -0.1) is 0 Å². The molecule has 1 aromatic carbocycles. The Bertz CT molecular complexity index is 1280. The van der Waals surface area contributed by atoms with E-state index in [0.29, 0.717) is 34.1 Å². The van der Waals surface area contributed by atoms with E-state index in [1.165, 1.54) is 10.7 Å². The van der Waals surface area contributed by atoms with E-state index < -0.39 is 0 Å². The Morgan fingerprint density at radius 3 is 2.89 bits per heavy atom. The number of hydrogen-bond acceptors (Lipinski definition) is 8. The zero-order valence-electron chi connectivity index (χ0n) is 20.7. The summed E-state index contributed by atoms with van der Waals surface area (Å²) in [6, 6.07) is 7.23. The van der Waals surface area contributed by atoms with Crippen LogP contribution in [0.25, 0.3) is 5.65 Å². The number of carbonyl (C=O) groups excluding carboxylic acids is 2. The van der Waals surface area contributed by atoms with Crippen LogP contribution in [0, 0.1) is 0 Å². The van der Waals surface area contributed by atoms with Gasteiger partial charge in [0.05, 0.1) is 13.3 Å². The maximum Gasteiger partial charge on any atom is 0.260 e. The fourth-order valence-electron chi connectivity index (χ4n) is 4.06. The summed E-state index contributed by atoms with van der Waals surface area (Å²) >= 11 is 8.15. The van der Waals surface area contributed by atoms with Crippen molar-refractivity contribution in [2.45, 2.75) is 25.3 Å². The van der Waals surface area contributed by atoms with E-state index in [1.807, 2.05) is 11.8 Å². The smallest absolute Gasteiger partial charge is 0.260 e. The summed E-state index contributed by atoms with van der Waals surface area (Å²) in [4.78, 5) is 30.3. The van der Waals surface area contributed by atoms with E-state index in [9.17, 15) is 9.59 Å². The summed E-state index contributed by atoms with van der Waals surface area (Å²) in [6.45, 7) is 0.0739. The van der Waals surface area contributed by atoms with E-state index in [0.717, 1.165) is 29.9 Å². The minimum atomic E-state index is -0.374. The molecule has 0 spiro atoms. The maximum absolute atomic E-state index is 13.3. The van der Waals surface area contributed by atoms with E-state index in [4.69, 9.17) is 16.3 Å². The number of thioether (sulfide) groups is 1. The second-order valence-electron chi connectivity index (χ2n) is 8.49. The number of halogens is 1. The van der Waals surface area contributed by atoms with Crippen molar-refractivity contribution >= 4 is 40.8 Å². The van der Waals surface area contributed by atoms with Crippen LogP contribution in [0.1, 0.15) is 28.8 Å². The molecule has 2 amide bonds. The molecular formula is C25H30ClN7O3S. The number of carbonyl (C=O) groups is 2. The largest absolute Gasteiger partial charge is 0.496 e. The Morgan fingerprint density at radius 1 is 1.32 bits per heavy atom. The number of rotatable bonds is 10. The summed E-state index contributed by atoms with van der Waals surface area (Å²) in [6.07, 6.45) is 8.73. The number of allylic oxidation sites excluding steroid dienone is 1. The first-order valence-electron chi connectivity index (χ1n) is 11.9. The highest BCUT2D eigenvalue weighted by molar-refractivity contribution is 7.99. The van der Waals surface area contributed by atoms with Crippen molar-refractivity contribution in [1.82, 2.24) is 35.7 Å². The highest BCUT2D eigenvalue weighted by atomic mass is 35.5. The average molecular weight is 544 g/mol. The fraction of sp³-hybridized carbons (Fsp3) is 0.360. The SMILES string of the molecule is CNN(/C=C(\Cc1cc(Cl)ccc1OC)NC(=O)c1cnn2cccnc12)CC(=O)NC1CCSCC1. The molecule has 1 aliphatic heterocycles. The first-order valence-corrected chi connectivity index (χ1v) is 13.4. The zero-order chi connectivity index (χ0) is 26.2. The highest BCUT2D eigenvalue weighted by Gasteiger charge is 2.19. The van der Waals surface area contributed by atoms with Gasteiger partial charge < -0.3 is 20.4 Å². The minimum Gasteiger partial charge on any atom is -0.496 e. The number of methoxy groups -OCH3 is 1. The second-order valence-corrected chi connectivity index (χ2v) is 10.2. The van der Waals surface area contributed by atoms with Crippen LogP contribution in [-0.4, -0.2) is 69.7 Å². The molecular weight excluding hydrogens is 514 g/mol. The van der Waals surface area contributed by atoms with Crippen LogP contribution in [0.2, 0.25) is 5.02 Å². The van der Waals surface area contributed by atoms with Gasteiger partial charge in [0.15, 0.2) is 5.65 Å². The number of aromatic nitrogens is 3. The van der Waals surface area contributed by atoms with Gasteiger partial charge in [-0.2, -0.15) is 16.9 Å². The molecule has 0 unspecified atom stereocenters. The van der Waals surface area contributed by atoms with Crippen LogP contribution in [0.5, 0.6) is 5.75 Å². The molecule has 0 radical (unpaired) electrons. The number of hydrazine groups is 1. The van der Waals surface area contributed by atoms with Crippen LogP contribution in [0.4, 0.5) is 0 Å². The molecule has 3 aromatic rings. The van der Waals surface area contributed by atoms with Gasteiger partial charge in [0.25, 0.3) is 5.91 Å². The lowest BCUT2D eigenvalue weighted by molar-refractivity contribution is -0.122. The van der Waals surface area contributed by atoms with Crippen molar-refractivity contribution in [3.05, 3.63) is 70.9 Å². The standard InChI is InChI=1S/C25H30ClN7O3S/c1-27-32(16-23(34)30-19-6-10-37-11-7-19)15-20(13-17-12-18(26)4-5-22(17)36-2)31-25(35)21-14-29-33-9-3-8-28-24(21)33/h3-5,8-9,12,14-15,19,27H,6-7,10-11,13,16H2,1-2H3,(H,30,34)(H,31,35)/b20-15+. The first kappa shape index (κ1) is 26.8. The molecule has 3 heterocycles. The van der Waals surface area contributed by atoms with Crippen LogP contribution >= 0.6 is 23.4 Å². The lowest BCUT2D eigenvalue weighted by Gasteiger charge is -2.25. The molecule has 1 fully saturated rings. The molecule has 196 valence electrons. The highest BCUT2D eigenvalue weighted by Crippen LogP contribution is 2.25. The van der Waals surface area contributed by atoms with Gasteiger partial charge in [0.2, 0.25) is 5.91 Å². The molecule has 4 rings (SSSR count). The molecule has 1 saturated heterocycles. The fourth-order valence-corrected chi connectivity index (χ4v) is 5.36. The van der Waals surface area contributed by atoms with Crippen molar-refractivity contribution in [1.29, 1.82) is 0 Å². The number of benzene rings is 1. The van der Waals surface area contributed by atoms with Crippen LogP contribution in [0.15, 0.2) is 54.8 Å². The molecule has 0 aliphatic carbocycles. The van der Waals surface area contributed by atoms with Gasteiger partial charge in [-0.25, -0.2) is 14.9 Å². The lowest BCUT2D eigenvalue weighted by Crippen LogP contribution is -2.45. The van der Waals surface area contributed by atoms with Crippen molar-refractivity contribution in [3.63, 3.8) is 0 Å². The molecule has 0 saturated carbocycles. The predicted octanol–water partition coefficient (Wildman–Crippen LogP) is 2.65. The Kier molecular flexibility index (Phi) is 9.26. The molecule has 12 heteroatoms. The third-order valence-corrected chi connectivity index (χ3v) is 7.20. The number of fused-ring (bicyclic) bond motifs is 1. The molecule has 2 aromatic heterocycles.